The van der Waals surface area contributed by atoms with Crippen LogP contribution < -0.4 is 11.1 Å². The summed E-state index contributed by atoms with van der Waals surface area (Å²) in [6.07, 6.45) is 0.935. The topological polar surface area (TPSA) is 75.4 Å². The van der Waals surface area contributed by atoms with E-state index in [9.17, 15) is 9.59 Å². The third kappa shape index (κ3) is 4.21. The quantitative estimate of drug-likeness (QED) is 0.839. The van der Waals surface area contributed by atoms with E-state index in [1.807, 2.05) is 30.3 Å². The van der Waals surface area contributed by atoms with Gasteiger partial charge in [0.25, 0.3) is 0 Å². The number of likely N-dealkylation sites (tertiary alicyclic amines) is 1. The highest BCUT2D eigenvalue weighted by Crippen LogP contribution is 2.15. The molecule has 1 aliphatic rings. The first kappa shape index (κ1) is 16.5. The summed E-state index contributed by atoms with van der Waals surface area (Å²) >= 11 is 0. The van der Waals surface area contributed by atoms with E-state index >= 15 is 0 Å². The summed E-state index contributed by atoms with van der Waals surface area (Å²) in [5.74, 6) is -0.156. The standard InChI is InChI=1S/C14H19N3O2.ClH/c15-8-6-13(18)16-12-7-9-17(14(12)19)10-11-4-2-1-3-5-11;/h1-5,12H,6-10,15H2,(H,16,18);1H. The van der Waals surface area contributed by atoms with Crippen LogP contribution in [0.25, 0.3) is 0 Å². The molecular formula is C14H20ClN3O2. The van der Waals surface area contributed by atoms with Gasteiger partial charge in [0, 0.05) is 26.1 Å². The molecule has 0 radical (unpaired) electrons. The van der Waals surface area contributed by atoms with E-state index in [2.05, 4.69) is 5.32 Å². The van der Waals surface area contributed by atoms with Crippen molar-refractivity contribution < 1.29 is 9.59 Å². The molecule has 20 heavy (non-hydrogen) atoms. The van der Waals surface area contributed by atoms with Crippen molar-refractivity contribution in [2.45, 2.75) is 25.4 Å². The Morgan fingerprint density at radius 2 is 2.05 bits per heavy atom. The summed E-state index contributed by atoms with van der Waals surface area (Å²) in [5, 5.41) is 2.74. The molecule has 1 aliphatic heterocycles. The van der Waals surface area contributed by atoms with E-state index in [1.54, 1.807) is 4.90 Å². The van der Waals surface area contributed by atoms with Gasteiger partial charge in [-0.2, -0.15) is 0 Å². The van der Waals surface area contributed by atoms with Crippen LogP contribution in [0.3, 0.4) is 0 Å². The molecule has 1 atom stereocenters. The third-order valence-electron chi connectivity index (χ3n) is 3.22. The van der Waals surface area contributed by atoms with Crippen LogP contribution in [0.15, 0.2) is 30.3 Å². The lowest BCUT2D eigenvalue weighted by molar-refractivity contribution is -0.133. The van der Waals surface area contributed by atoms with Gasteiger partial charge in [0.1, 0.15) is 6.04 Å². The second kappa shape index (κ2) is 7.87. The summed E-state index contributed by atoms with van der Waals surface area (Å²) in [5.41, 5.74) is 6.41. The van der Waals surface area contributed by atoms with Crippen molar-refractivity contribution in [3.63, 3.8) is 0 Å². The molecule has 1 aromatic rings. The van der Waals surface area contributed by atoms with Gasteiger partial charge >= 0.3 is 0 Å². The van der Waals surface area contributed by atoms with E-state index in [0.717, 1.165) is 5.56 Å². The average Bonchev–Trinajstić information content (AvgIpc) is 2.73. The summed E-state index contributed by atoms with van der Waals surface area (Å²) in [6.45, 7) is 1.59. The van der Waals surface area contributed by atoms with Crippen LogP contribution >= 0.6 is 12.4 Å². The van der Waals surface area contributed by atoms with Gasteiger partial charge in [-0.15, -0.1) is 12.4 Å². The Hall–Kier alpha value is -1.59. The molecule has 0 saturated carbocycles. The molecule has 1 aromatic carbocycles. The van der Waals surface area contributed by atoms with Crippen LogP contribution in [0.5, 0.6) is 0 Å². The lowest BCUT2D eigenvalue weighted by atomic mass is 10.2. The number of halogens is 1. The minimum Gasteiger partial charge on any atom is -0.344 e. The molecule has 6 heteroatoms. The molecule has 1 fully saturated rings. The van der Waals surface area contributed by atoms with Gasteiger partial charge in [-0.3, -0.25) is 9.59 Å². The molecule has 0 aromatic heterocycles. The number of nitrogens with zero attached hydrogens (tertiary/aromatic N) is 1. The van der Waals surface area contributed by atoms with Crippen LogP contribution in [0.4, 0.5) is 0 Å². The van der Waals surface area contributed by atoms with E-state index in [0.29, 0.717) is 26.1 Å². The molecule has 1 saturated heterocycles. The van der Waals surface area contributed by atoms with Crippen LogP contribution in [0.2, 0.25) is 0 Å². The van der Waals surface area contributed by atoms with Crippen molar-refractivity contribution in [1.29, 1.82) is 0 Å². The minimum atomic E-state index is -0.386. The summed E-state index contributed by atoms with van der Waals surface area (Å²) in [7, 11) is 0. The third-order valence-corrected chi connectivity index (χ3v) is 3.22. The van der Waals surface area contributed by atoms with Crippen molar-refractivity contribution in [3.8, 4) is 0 Å². The minimum absolute atomic E-state index is 0. The zero-order valence-electron chi connectivity index (χ0n) is 11.2. The maximum atomic E-state index is 12.1. The Bertz CT molecular complexity index is 453. The maximum Gasteiger partial charge on any atom is 0.245 e. The number of rotatable bonds is 5. The van der Waals surface area contributed by atoms with Crippen LogP contribution in [-0.4, -0.2) is 35.8 Å². The van der Waals surface area contributed by atoms with Gasteiger partial charge in [0.2, 0.25) is 11.8 Å². The molecule has 2 rings (SSSR count). The summed E-state index contributed by atoms with van der Waals surface area (Å²) in [4.78, 5) is 25.4. The number of benzene rings is 1. The van der Waals surface area contributed by atoms with E-state index < -0.39 is 0 Å². The first-order valence-electron chi connectivity index (χ1n) is 6.53. The fourth-order valence-corrected chi connectivity index (χ4v) is 2.23. The van der Waals surface area contributed by atoms with E-state index in [-0.39, 0.29) is 36.7 Å². The highest BCUT2D eigenvalue weighted by molar-refractivity contribution is 5.89. The smallest absolute Gasteiger partial charge is 0.245 e. The fourth-order valence-electron chi connectivity index (χ4n) is 2.23. The molecule has 0 spiro atoms. The Kier molecular flexibility index (Phi) is 6.48. The second-order valence-corrected chi connectivity index (χ2v) is 4.69. The Morgan fingerprint density at radius 3 is 2.70 bits per heavy atom. The lowest BCUT2D eigenvalue weighted by Crippen LogP contribution is -2.41. The molecular weight excluding hydrogens is 278 g/mol. The Labute approximate surface area is 124 Å². The largest absolute Gasteiger partial charge is 0.344 e. The van der Waals surface area contributed by atoms with Crippen molar-refractivity contribution >= 4 is 24.2 Å². The predicted molar refractivity (Wildman–Crippen MR) is 79.3 cm³/mol. The molecule has 1 heterocycles. The summed E-state index contributed by atoms with van der Waals surface area (Å²) < 4.78 is 0. The number of carbonyl (C=O) groups excluding carboxylic acids is 2. The van der Waals surface area contributed by atoms with Gasteiger partial charge in [0.15, 0.2) is 0 Å². The zero-order chi connectivity index (χ0) is 13.7. The molecule has 1 unspecified atom stereocenters. The lowest BCUT2D eigenvalue weighted by Gasteiger charge is -2.17. The van der Waals surface area contributed by atoms with Crippen LogP contribution in [-0.2, 0) is 16.1 Å². The number of nitrogens with one attached hydrogen (secondary N) is 1. The fraction of sp³-hybridized carbons (Fsp3) is 0.429. The number of amides is 2. The van der Waals surface area contributed by atoms with Crippen molar-refractivity contribution in [3.05, 3.63) is 35.9 Å². The van der Waals surface area contributed by atoms with Gasteiger partial charge in [-0.1, -0.05) is 30.3 Å². The van der Waals surface area contributed by atoms with Gasteiger partial charge in [0.05, 0.1) is 0 Å². The zero-order valence-corrected chi connectivity index (χ0v) is 12.1. The van der Waals surface area contributed by atoms with Crippen molar-refractivity contribution in [2.24, 2.45) is 5.73 Å². The number of hydrogen-bond acceptors (Lipinski definition) is 3. The SMILES string of the molecule is Cl.NCCC(=O)NC1CCN(Cc2ccccc2)C1=O. The normalized spacial score (nSPS) is 17.8. The van der Waals surface area contributed by atoms with Gasteiger partial charge in [-0.05, 0) is 12.0 Å². The number of nitrogens with two attached hydrogens (primary N) is 1. The highest BCUT2D eigenvalue weighted by atomic mass is 35.5. The molecule has 110 valence electrons. The summed E-state index contributed by atoms with van der Waals surface area (Å²) in [6, 6.07) is 9.46. The number of carbonyl (C=O) groups is 2. The van der Waals surface area contributed by atoms with Crippen molar-refractivity contribution in [2.75, 3.05) is 13.1 Å². The van der Waals surface area contributed by atoms with E-state index in [4.69, 9.17) is 5.73 Å². The first-order valence-corrected chi connectivity index (χ1v) is 6.53. The first-order chi connectivity index (χ1) is 9.20. The van der Waals surface area contributed by atoms with E-state index in [1.165, 1.54) is 0 Å². The molecule has 5 nitrogen and oxygen atoms in total. The molecule has 3 N–H and O–H groups in total. The Balaban J connectivity index is 0.00000200. The monoisotopic (exact) mass is 297 g/mol. The predicted octanol–water partition coefficient (Wildman–Crippen LogP) is 0.674. The molecule has 0 bridgehead atoms. The van der Waals surface area contributed by atoms with Crippen LogP contribution in [0, 0.1) is 0 Å². The average molecular weight is 298 g/mol. The van der Waals surface area contributed by atoms with Crippen LogP contribution in [0.1, 0.15) is 18.4 Å². The van der Waals surface area contributed by atoms with Gasteiger partial charge in [-0.25, -0.2) is 0 Å². The second-order valence-electron chi connectivity index (χ2n) is 4.69. The maximum absolute atomic E-state index is 12.1. The highest BCUT2D eigenvalue weighted by Gasteiger charge is 2.32. The van der Waals surface area contributed by atoms with Crippen molar-refractivity contribution in [1.82, 2.24) is 10.2 Å². The molecule has 0 aliphatic carbocycles. The molecule has 2 amide bonds. The Morgan fingerprint density at radius 1 is 1.35 bits per heavy atom. The number of hydrogen-bond donors (Lipinski definition) is 2. The van der Waals surface area contributed by atoms with Gasteiger partial charge < -0.3 is 16.0 Å².